The summed E-state index contributed by atoms with van der Waals surface area (Å²) in [6.45, 7) is 13.9. The van der Waals surface area contributed by atoms with Crippen LogP contribution in [0.1, 0.15) is 50.3 Å². The van der Waals surface area contributed by atoms with Crippen LogP contribution in [-0.2, 0) is 6.42 Å². The molecule has 1 heteroatoms. The normalized spacial score (nSPS) is 18.3. The molecule has 1 nitrogen and oxygen atoms in total. The van der Waals surface area contributed by atoms with Crippen molar-refractivity contribution < 1.29 is 0 Å². The van der Waals surface area contributed by atoms with Gasteiger partial charge in [0.15, 0.2) is 0 Å². The lowest BCUT2D eigenvalue weighted by Gasteiger charge is -2.32. The van der Waals surface area contributed by atoms with E-state index in [-0.39, 0.29) is 0 Å². The molecular formula is C19H31N. The molecule has 1 saturated carbocycles. The molecule has 2 rings (SSSR count). The van der Waals surface area contributed by atoms with E-state index in [1.165, 1.54) is 30.4 Å². The van der Waals surface area contributed by atoms with Crippen molar-refractivity contribution in [2.75, 3.05) is 13.1 Å². The first-order valence-corrected chi connectivity index (χ1v) is 8.18. The Morgan fingerprint density at radius 2 is 1.80 bits per heavy atom. The molecule has 0 spiro atoms. The lowest BCUT2D eigenvalue weighted by molar-refractivity contribution is 0.251. The summed E-state index contributed by atoms with van der Waals surface area (Å²) in [5.74, 6) is 1.65. The molecule has 1 aromatic carbocycles. The van der Waals surface area contributed by atoms with E-state index < -0.39 is 0 Å². The Kier molecular flexibility index (Phi) is 4.90. The van der Waals surface area contributed by atoms with Gasteiger partial charge in [-0.2, -0.15) is 0 Å². The van der Waals surface area contributed by atoms with Crippen molar-refractivity contribution >= 4 is 0 Å². The van der Waals surface area contributed by atoms with Gasteiger partial charge in [-0.25, -0.2) is 0 Å². The average Bonchev–Trinajstić information content (AvgIpc) is 3.18. The number of hydrogen-bond acceptors (Lipinski definition) is 1. The highest BCUT2D eigenvalue weighted by atomic mass is 14.9. The van der Waals surface area contributed by atoms with Gasteiger partial charge in [-0.3, -0.25) is 0 Å². The fourth-order valence-corrected chi connectivity index (χ4v) is 3.31. The van der Waals surface area contributed by atoms with Crippen LogP contribution < -0.4 is 5.32 Å². The fourth-order valence-electron chi connectivity index (χ4n) is 3.31. The first-order valence-electron chi connectivity index (χ1n) is 8.18. The summed E-state index contributed by atoms with van der Waals surface area (Å²) in [7, 11) is 0. The Balaban J connectivity index is 2.08. The molecule has 20 heavy (non-hydrogen) atoms. The molecule has 1 unspecified atom stereocenters. The summed E-state index contributed by atoms with van der Waals surface area (Å²) >= 11 is 0. The molecule has 1 atom stereocenters. The van der Waals surface area contributed by atoms with Crippen molar-refractivity contribution in [3.05, 3.63) is 34.9 Å². The Hall–Kier alpha value is -0.820. The zero-order valence-corrected chi connectivity index (χ0v) is 13.9. The molecule has 1 aliphatic rings. The van der Waals surface area contributed by atoms with Gasteiger partial charge in [-0.1, -0.05) is 39.0 Å². The molecule has 0 radical (unpaired) electrons. The van der Waals surface area contributed by atoms with E-state index in [4.69, 9.17) is 0 Å². The van der Waals surface area contributed by atoms with E-state index in [1.54, 1.807) is 5.56 Å². The molecule has 0 aromatic heterocycles. The number of benzene rings is 1. The van der Waals surface area contributed by atoms with Crippen molar-refractivity contribution in [2.24, 2.45) is 17.3 Å². The number of aryl methyl sites for hydroxylation is 2. The average molecular weight is 273 g/mol. The second-order valence-electron chi connectivity index (χ2n) is 7.50. The Bertz CT molecular complexity index is 425. The van der Waals surface area contributed by atoms with Crippen molar-refractivity contribution in [3.8, 4) is 0 Å². The van der Waals surface area contributed by atoms with Crippen molar-refractivity contribution in [2.45, 2.75) is 53.9 Å². The first-order chi connectivity index (χ1) is 9.42. The van der Waals surface area contributed by atoms with Gasteiger partial charge < -0.3 is 5.32 Å². The molecular weight excluding hydrogens is 242 g/mol. The second kappa shape index (κ2) is 6.30. The summed E-state index contributed by atoms with van der Waals surface area (Å²) in [6, 6.07) is 6.70. The maximum absolute atomic E-state index is 3.71. The molecule has 1 aliphatic carbocycles. The number of hydrogen-bond donors (Lipinski definition) is 1. The first kappa shape index (κ1) is 15.6. The van der Waals surface area contributed by atoms with Gasteiger partial charge in [-0.05, 0) is 73.6 Å². The third kappa shape index (κ3) is 3.85. The van der Waals surface area contributed by atoms with Gasteiger partial charge in [0.05, 0.1) is 0 Å². The molecule has 0 heterocycles. The van der Waals surface area contributed by atoms with E-state index in [0.29, 0.717) is 5.41 Å². The minimum atomic E-state index is 0.422. The predicted octanol–water partition coefficient (Wildman–Crippen LogP) is 4.51. The highest BCUT2D eigenvalue weighted by molar-refractivity contribution is 5.34. The van der Waals surface area contributed by atoms with E-state index >= 15 is 0 Å². The summed E-state index contributed by atoms with van der Waals surface area (Å²) in [5, 5.41) is 3.71. The lowest BCUT2D eigenvalue weighted by atomic mass is 9.77. The maximum atomic E-state index is 3.71. The summed E-state index contributed by atoms with van der Waals surface area (Å²) in [6.07, 6.45) is 4.07. The molecule has 0 amide bonds. The minimum Gasteiger partial charge on any atom is -0.316 e. The molecule has 0 aliphatic heterocycles. The van der Waals surface area contributed by atoms with Crippen LogP contribution in [0.4, 0.5) is 0 Å². The maximum Gasteiger partial charge on any atom is 0.00111 e. The Labute approximate surface area is 125 Å². The van der Waals surface area contributed by atoms with Crippen LogP contribution in [0.15, 0.2) is 18.2 Å². The minimum absolute atomic E-state index is 0.422. The smallest absolute Gasteiger partial charge is 0.00111 e. The number of rotatable bonds is 7. The highest BCUT2D eigenvalue weighted by Crippen LogP contribution is 2.47. The van der Waals surface area contributed by atoms with Gasteiger partial charge in [-0.15, -0.1) is 0 Å². The van der Waals surface area contributed by atoms with Crippen LogP contribution in [0.2, 0.25) is 0 Å². The predicted molar refractivity (Wildman–Crippen MR) is 88.2 cm³/mol. The van der Waals surface area contributed by atoms with Crippen LogP contribution in [0.5, 0.6) is 0 Å². The molecule has 1 fully saturated rings. The van der Waals surface area contributed by atoms with E-state index in [9.17, 15) is 0 Å². The molecule has 1 N–H and O–H groups in total. The quantitative estimate of drug-likeness (QED) is 0.771. The molecule has 112 valence electrons. The van der Waals surface area contributed by atoms with Gasteiger partial charge >= 0.3 is 0 Å². The zero-order valence-electron chi connectivity index (χ0n) is 13.9. The largest absolute Gasteiger partial charge is 0.316 e. The van der Waals surface area contributed by atoms with Crippen molar-refractivity contribution in [1.29, 1.82) is 0 Å². The van der Waals surface area contributed by atoms with Gasteiger partial charge in [0.2, 0.25) is 0 Å². The second-order valence-corrected chi connectivity index (χ2v) is 7.50. The molecule has 0 saturated heterocycles. The zero-order chi connectivity index (χ0) is 14.8. The molecule has 0 bridgehead atoms. The third-order valence-electron chi connectivity index (χ3n) is 4.87. The molecule has 1 aromatic rings. The number of nitrogens with one attached hydrogen (secondary N) is 1. The van der Waals surface area contributed by atoms with Gasteiger partial charge in [0.1, 0.15) is 0 Å². The van der Waals surface area contributed by atoms with Crippen molar-refractivity contribution in [1.82, 2.24) is 5.32 Å². The standard InChI is InChI=1S/C19H31N/c1-14(2)12-20-13-19(5,17-9-10-17)11-18-15(3)7-6-8-16(18)4/h6-8,14,17,20H,9-13H2,1-5H3. The van der Waals surface area contributed by atoms with Crippen LogP contribution in [-0.4, -0.2) is 13.1 Å². The Morgan fingerprint density at radius 3 is 2.30 bits per heavy atom. The van der Waals surface area contributed by atoms with Crippen molar-refractivity contribution in [3.63, 3.8) is 0 Å². The van der Waals surface area contributed by atoms with E-state index in [2.05, 4.69) is 58.1 Å². The van der Waals surface area contributed by atoms with Crippen LogP contribution in [0.3, 0.4) is 0 Å². The van der Waals surface area contributed by atoms with E-state index in [1.807, 2.05) is 0 Å². The lowest BCUT2D eigenvalue weighted by Crippen LogP contribution is -2.37. The summed E-state index contributed by atoms with van der Waals surface area (Å²) in [4.78, 5) is 0. The van der Waals surface area contributed by atoms with Crippen LogP contribution >= 0.6 is 0 Å². The van der Waals surface area contributed by atoms with E-state index in [0.717, 1.165) is 24.9 Å². The van der Waals surface area contributed by atoms with Gasteiger partial charge in [0, 0.05) is 6.54 Å². The SMILES string of the molecule is Cc1cccc(C)c1CC(C)(CNCC(C)C)C1CC1. The summed E-state index contributed by atoms with van der Waals surface area (Å²) < 4.78 is 0. The van der Waals surface area contributed by atoms with Crippen LogP contribution in [0.25, 0.3) is 0 Å². The summed E-state index contributed by atoms with van der Waals surface area (Å²) in [5.41, 5.74) is 4.92. The topological polar surface area (TPSA) is 12.0 Å². The fraction of sp³-hybridized carbons (Fsp3) is 0.684. The van der Waals surface area contributed by atoms with Crippen LogP contribution in [0, 0.1) is 31.1 Å². The highest BCUT2D eigenvalue weighted by Gasteiger charge is 2.41. The third-order valence-corrected chi connectivity index (χ3v) is 4.87. The monoisotopic (exact) mass is 273 g/mol. The van der Waals surface area contributed by atoms with Gasteiger partial charge in [0.25, 0.3) is 0 Å². The Morgan fingerprint density at radius 1 is 1.20 bits per heavy atom.